The molecule has 2 N–H and O–H groups in total. The minimum atomic E-state index is -0.712. The molecular weight excluding hydrogens is 282 g/mol. The molecule has 1 heterocycles. The lowest BCUT2D eigenvalue weighted by Gasteiger charge is -2.14. The minimum absolute atomic E-state index is 0.158. The van der Waals surface area contributed by atoms with E-state index in [4.69, 9.17) is 4.74 Å². The third-order valence-corrected chi connectivity index (χ3v) is 2.89. The molecule has 2 rings (SSSR count). The van der Waals surface area contributed by atoms with Crippen LogP contribution in [0.5, 0.6) is 0 Å². The van der Waals surface area contributed by atoms with Crippen LogP contribution in [0.1, 0.15) is 12.5 Å². The first-order valence-electron chi connectivity index (χ1n) is 6.83. The lowest BCUT2D eigenvalue weighted by molar-refractivity contribution is -0.117. The van der Waals surface area contributed by atoms with Gasteiger partial charge in [0.05, 0.1) is 0 Å². The van der Waals surface area contributed by atoms with Gasteiger partial charge in [-0.1, -0.05) is 30.3 Å². The van der Waals surface area contributed by atoms with Crippen molar-refractivity contribution in [1.29, 1.82) is 0 Å². The molecule has 0 saturated carbocycles. The van der Waals surface area contributed by atoms with Gasteiger partial charge in [0, 0.05) is 18.1 Å². The molecule has 2 amide bonds. The van der Waals surface area contributed by atoms with Crippen LogP contribution in [-0.4, -0.2) is 23.0 Å². The molecule has 1 aromatic carbocycles. The summed E-state index contributed by atoms with van der Waals surface area (Å²) in [7, 11) is 0. The Bertz CT molecular complexity index is 617. The predicted molar refractivity (Wildman–Crippen MR) is 82.1 cm³/mol. The molecule has 1 atom stereocenters. The van der Waals surface area contributed by atoms with Crippen LogP contribution in [0.3, 0.4) is 0 Å². The molecule has 0 spiro atoms. The van der Waals surface area contributed by atoms with Gasteiger partial charge >= 0.3 is 6.09 Å². The molecule has 22 heavy (non-hydrogen) atoms. The summed E-state index contributed by atoms with van der Waals surface area (Å²) in [5, 5.41) is 5.15. The zero-order valence-electron chi connectivity index (χ0n) is 12.2. The van der Waals surface area contributed by atoms with E-state index in [-0.39, 0.29) is 12.5 Å². The highest BCUT2D eigenvalue weighted by molar-refractivity contribution is 5.96. The molecule has 0 aliphatic rings. The lowest BCUT2D eigenvalue weighted by atomic mass is 10.2. The Morgan fingerprint density at radius 1 is 1.14 bits per heavy atom. The van der Waals surface area contributed by atoms with Crippen molar-refractivity contribution in [3.05, 3.63) is 60.4 Å². The fourth-order valence-electron chi connectivity index (χ4n) is 1.69. The molecule has 114 valence electrons. The Morgan fingerprint density at radius 2 is 1.82 bits per heavy atom. The summed E-state index contributed by atoms with van der Waals surface area (Å²) in [6.45, 7) is 1.74. The van der Waals surface area contributed by atoms with E-state index in [1.54, 1.807) is 31.5 Å². The Labute approximate surface area is 128 Å². The average molecular weight is 299 g/mol. The number of carbonyl (C=O) groups excluding carboxylic acids is 2. The molecule has 6 nitrogen and oxygen atoms in total. The second-order valence-electron chi connectivity index (χ2n) is 4.65. The lowest BCUT2D eigenvalue weighted by Crippen LogP contribution is -2.41. The number of pyridine rings is 1. The number of nitrogens with one attached hydrogen (secondary N) is 2. The standard InChI is InChI=1S/C16H17N3O3/c1-12(15(20)19-14-7-9-17-10-8-14)18-16(21)22-11-13-5-3-2-4-6-13/h2-10,12H,11H2,1H3,(H,18,21)(H,17,19,20). The summed E-state index contributed by atoms with van der Waals surface area (Å²) in [5.74, 6) is -0.331. The van der Waals surface area contributed by atoms with Gasteiger partial charge in [0.2, 0.25) is 5.91 Å². The SMILES string of the molecule is CC(NC(=O)OCc1ccccc1)C(=O)Nc1ccncc1. The number of hydrogen-bond donors (Lipinski definition) is 2. The smallest absolute Gasteiger partial charge is 0.408 e. The first-order valence-corrected chi connectivity index (χ1v) is 6.83. The number of carbonyl (C=O) groups is 2. The van der Waals surface area contributed by atoms with Gasteiger partial charge in [-0.15, -0.1) is 0 Å². The van der Waals surface area contributed by atoms with E-state index in [0.29, 0.717) is 5.69 Å². The van der Waals surface area contributed by atoms with Crippen molar-refractivity contribution in [3.63, 3.8) is 0 Å². The highest BCUT2D eigenvalue weighted by atomic mass is 16.5. The Hall–Kier alpha value is -2.89. The fourth-order valence-corrected chi connectivity index (χ4v) is 1.69. The van der Waals surface area contributed by atoms with Crippen molar-refractivity contribution in [2.75, 3.05) is 5.32 Å². The van der Waals surface area contributed by atoms with Gasteiger partial charge in [0.1, 0.15) is 12.6 Å². The van der Waals surface area contributed by atoms with E-state index in [0.717, 1.165) is 5.56 Å². The predicted octanol–water partition coefficient (Wildman–Crippen LogP) is 2.33. The number of alkyl carbamates (subject to hydrolysis) is 1. The van der Waals surface area contributed by atoms with Crippen LogP contribution < -0.4 is 10.6 Å². The Kier molecular flexibility index (Phi) is 5.48. The van der Waals surface area contributed by atoms with E-state index < -0.39 is 12.1 Å². The van der Waals surface area contributed by atoms with Crippen LogP contribution in [0.25, 0.3) is 0 Å². The first-order chi connectivity index (χ1) is 10.6. The summed E-state index contributed by atoms with van der Waals surface area (Å²) in [6, 6.07) is 11.9. The average Bonchev–Trinajstić information content (AvgIpc) is 2.55. The second-order valence-corrected chi connectivity index (χ2v) is 4.65. The van der Waals surface area contributed by atoms with Crippen LogP contribution in [0.2, 0.25) is 0 Å². The molecular formula is C16H17N3O3. The summed E-state index contributed by atoms with van der Waals surface area (Å²) in [5.41, 5.74) is 1.50. The van der Waals surface area contributed by atoms with Crippen LogP contribution in [0.15, 0.2) is 54.9 Å². The molecule has 0 fully saturated rings. The van der Waals surface area contributed by atoms with E-state index in [1.807, 2.05) is 30.3 Å². The normalized spacial score (nSPS) is 11.3. The molecule has 0 saturated heterocycles. The molecule has 1 aromatic heterocycles. The van der Waals surface area contributed by atoms with Gasteiger partial charge in [-0.05, 0) is 24.6 Å². The van der Waals surface area contributed by atoms with Crippen molar-refractivity contribution in [2.24, 2.45) is 0 Å². The minimum Gasteiger partial charge on any atom is -0.445 e. The largest absolute Gasteiger partial charge is 0.445 e. The molecule has 0 aliphatic heterocycles. The molecule has 0 bridgehead atoms. The van der Waals surface area contributed by atoms with Gasteiger partial charge in [-0.3, -0.25) is 9.78 Å². The summed E-state index contributed by atoms with van der Waals surface area (Å²) in [6.07, 6.45) is 2.50. The zero-order chi connectivity index (χ0) is 15.8. The third-order valence-electron chi connectivity index (χ3n) is 2.89. The fraction of sp³-hybridized carbons (Fsp3) is 0.188. The molecule has 1 unspecified atom stereocenters. The topological polar surface area (TPSA) is 80.3 Å². The van der Waals surface area contributed by atoms with Crippen LogP contribution >= 0.6 is 0 Å². The number of benzene rings is 1. The maximum atomic E-state index is 11.9. The van der Waals surface area contributed by atoms with Gasteiger partial charge in [-0.25, -0.2) is 4.79 Å². The zero-order valence-corrected chi connectivity index (χ0v) is 12.2. The molecule has 6 heteroatoms. The van der Waals surface area contributed by atoms with E-state index in [9.17, 15) is 9.59 Å². The van der Waals surface area contributed by atoms with Crippen LogP contribution in [0.4, 0.5) is 10.5 Å². The van der Waals surface area contributed by atoms with Gasteiger partial charge < -0.3 is 15.4 Å². The number of ether oxygens (including phenoxy) is 1. The quantitative estimate of drug-likeness (QED) is 0.888. The van der Waals surface area contributed by atoms with Crippen LogP contribution in [-0.2, 0) is 16.1 Å². The summed E-state index contributed by atoms with van der Waals surface area (Å²) >= 11 is 0. The van der Waals surface area contributed by atoms with E-state index in [1.165, 1.54) is 0 Å². The van der Waals surface area contributed by atoms with E-state index in [2.05, 4.69) is 15.6 Å². The van der Waals surface area contributed by atoms with Gasteiger partial charge in [0.15, 0.2) is 0 Å². The Morgan fingerprint density at radius 3 is 2.50 bits per heavy atom. The van der Waals surface area contributed by atoms with Crippen molar-refractivity contribution in [1.82, 2.24) is 10.3 Å². The van der Waals surface area contributed by atoms with Crippen molar-refractivity contribution in [2.45, 2.75) is 19.6 Å². The number of hydrogen-bond acceptors (Lipinski definition) is 4. The summed E-state index contributed by atoms with van der Waals surface area (Å²) in [4.78, 5) is 27.4. The van der Waals surface area contributed by atoms with Gasteiger partial charge in [-0.2, -0.15) is 0 Å². The number of amides is 2. The van der Waals surface area contributed by atoms with Crippen LogP contribution in [0, 0.1) is 0 Å². The van der Waals surface area contributed by atoms with Crippen molar-refractivity contribution < 1.29 is 14.3 Å². The number of nitrogens with zero attached hydrogens (tertiary/aromatic N) is 1. The first kappa shape index (κ1) is 15.5. The highest BCUT2D eigenvalue weighted by Crippen LogP contribution is 2.04. The molecule has 2 aromatic rings. The van der Waals surface area contributed by atoms with Crippen molar-refractivity contribution >= 4 is 17.7 Å². The summed E-state index contributed by atoms with van der Waals surface area (Å²) < 4.78 is 5.06. The van der Waals surface area contributed by atoms with Gasteiger partial charge in [0.25, 0.3) is 0 Å². The highest BCUT2D eigenvalue weighted by Gasteiger charge is 2.16. The second kappa shape index (κ2) is 7.78. The third kappa shape index (κ3) is 4.90. The maximum Gasteiger partial charge on any atom is 0.408 e. The molecule has 0 radical (unpaired) electrons. The Balaban J connectivity index is 1.77. The monoisotopic (exact) mass is 299 g/mol. The number of rotatable bonds is 5. The maximum absolute atomic E-state index is 11.9. The molecule has 0 aliphatic carbocycles. The number of anilines is 1. The number of aromatic nitrogens is 1. The van der Waals surface area contributed by atoms with Crippen molar-refractivity contribution in [3.8, 4) is 0 Å². The van der Waals surface area contributed by atoms with E-state index >= 15 is 0 Å².